The van der Waals surface area contributed by atoms with Crippen LogP contribution in [0.4, 0.5) is 5.69 Å². The van der Waals surface area contributed by atoms with Gasteiger partial charge in [0.05, 0.1) is 25.7 Å². The van der Waals surface area contributed by atoms with E-state index in [2.05, 4.69) is 56.1 Å². The summed E-state index contributed by atoms with van der Waals surface area (Å²) in [5.41, 5.74) is 3.93. The highest BCUT2D eigenvalue weighted by molar-refractivity contribution is 5.91. The van der Waals surface area contributed by atoms with E-state index in [1.54, 1.807) is 0 Å². The lowest BCUT2D eigenvalue weighted by Gasteiger charge is -2.42. The number of fused-ring (bicyclic) bond motifs is 2. The standard InChI is InChI=1S/C29H43N3O3/c1-28(2)10-11-29(3,4)24-15-21(7-8-23(24)28)30-26(33)16-25-22-9-14-32(17-20(22)19-35-25)27(34)18-31-12-5-6-13-31/h7-8,15,20,22,25H,5-6,9-14,16-19H2,1-4H3,(H,30,33)/t20-,22-,25-/m1/s1. The third-order valence-electron chi connectivity index (χ3n) is 9.23. The van der Waals surface area contributed by atoms with Gasteiger partial charge in [0.25, 0.3) is 0 Å². The van der Waals surface area contributed by atoms with Crippen molar-refractivity contribution in [2.75, 3.05) is 44.6 Å². The Morgan fingerprint density at radius 3 is 2.49 bits per heavy atom. The van der Waals surface area contributed by atoms with E-state index in [1.807, 2.05) is 4.90 Å². The molecular weight excluding hydrogens is 438 g/mol. The highest BCUT2D eigenvalue weighted by Crippen LogP contribution is 2.46. The summed E-state index contributed by atoms with van der Waals surface area (Å²) in [4.78, 5) is 30.1. The average Bonchev–Trinajstić information content (AvgIpc) is 3.47. The van der Waals surface area contributed by atoms with Gasteiger partial charge in [-0.1, -0.05) is 33.8 Å². The number of hydrogen-bond donors (Lipinski definition) is 1. The number of rotatable bonds is 5. The number of hydrogen-bond acceptors (Lipinski definition) is 4. The molecule has 0 spiro atoms. The van der Waals surface area contributed by atoms with Gasteiger partial charge in [-0.15, -0.1) is 0 Å². The van der Waals surface area contributed by atoms with Crippen LogP contribution in [0.15, 0.2) is 18.2 Å². The lowest BCUT2D eigenvalue weighted by atomic mass is 9.63. The van der Waals surface area contributed by atoms with Crippen molar-refractivity contribution >= 4 is 17.5 Å². The van der Waals surface area contributed by atoms with E-state index in [1.165, 1.54) is 30.4 Å². The summed E-state index contributed by atoms with van der Waals surface area (Å²) in [6.45, 7) is 14.1. The topological polar surface area (TPSA) is 61.9 Å². The van der Waals surface area contributed by atoms with Crippen LogP contribution in [-0.2, 0) is 25.2 Å². The number of nitrogens with one attached hydrogen (secondary N) is 1. The van der Waals surface area contributed by atoms with Crippen LogP contribution < -0.4 is 5.32 Å². The van der Waals surface area contributed by atoms with Crippen molar-refractivity contribution in [1.82, 2.24) is 9.80 Å². The second-order valence-electron chi connectivity index (χ2n) is 12.7. The molecule has 3 saturated heterocycles. The van der Waals surface area contributed by atoms with Gasteiger partial charge in [-0.25, -0.2) is 0 Å². The van der Waals surface area contributed by atoms with E-state index >= 15 is 0 Å². The Morgan fingerprint density at radius 2 is 1.74 bits per heavy atom. The molecule has 0 aromatic heterocycles. The minimum Gasteiger partial charge on any atom is -0.377 e. The number of ether oxygens (including phenoxy) is 1. The van der Waals surface area contributed by atoms with Gasteiger partial charge in [-0.3, -0.25) is 14.5 Å². The number of carbonyl (C=O) groups excluding carboxylic acids is 2. The zero-order valence-electron chi connectivity index (χ0n) is 22.1. The number of piperidine rings is 1. The molecule has 192 valence electrons. The third-order valence-corrected chi connectivity index (χ3v) is 9.23. The maximum absolute atomic E-state index is 13.0. The van der Waals surface area contributed by atoms with Crippen molar-refractivity contribution in [3.8, 4) is 0 Å². The highest BCUT2D eigenvalue weighted by atomic mass is 16.5. The number of amides is 2. The maximum atomic E-state index is 13.0. The Kier molecular flexibility index (Phi) is 6.73. The number of carbonyl (C=O) groups is 2. The predicted octanol–water partition coefficient (Wildman–Crippen LogP) is 4.32. The monoisotopic (exact) mass is 481 g/mol. The van der Waals surface area contributed by atoms with Crippen molar-refractivity contribution in [3.05, 3.63) is 29.3 Å². The molecule has 5 rings (SSSR count). The Bertz CT molecular complexity index is 966. The van der Waals surface area contributed by atoms with Crippen LogP contribution in [0.1, 0.15) is 77.3 Å². The third kappa shape index (κ3) is 5.15. The van der Waals surface area contributed by atoms with Crippen LogP contribution in [-0.4, -0.2) is 67.0 Å². The average molecular weight is 482 g/mol. The molecule has 4 aliphatic rings. The first-order valence-electron chi connectivity index (χ1n) is 13.7. The van der Waals surface area contributed by atoms with E-state index in [0.717, 1.165) is 44.7 Å². The summed E-state index contributed by atoms with van der Waals surface area (Å²) in [5, 5.41) is 3.16. The fourth-order valence-electron chi connectivity index (χ4n) is 6.82. The van der Waals surface area contributed by atoms with E-state index in [-0.39, 0.29) is 28.7 Å². The normalized spacial score (nSPS) is 29.5. The van der Waals surface area contributed by atoms with Gasteiger partial charge in [0.1, 0.15) is 0 Å². The lowest BCUT2D eigenvalue weighted by molar-refractivity contribution is -0.134. The number of anilines is 1. The largest absolute Gasteiger partial charge is 0.377 e. The molecule has 3 aliphatic heterocycles. The molecule has 3 heterocycles. The van der Waals surface area contributed by atoms with Crippen molar-refractivity contribution < 1.29 is 14.3 Å². The minimum atomic E-state index is -0.0520. The van der Waals surface area contributed by atoms with Gasteiger partial charge >= 0.3 is 0 Å². The lowest BCUT2D eigenvalue weighted by Crippen LogP contribution is -2.48. The molecule has 0 radical (unpaired) electrons. The van der Waals surface area contributed by atoms with Crippen LogP contribution in [0, 0.1) is 11.8 Å². The highest BCUT2D eigenvalue weighted by Gasteiger charge is 2.43. The Hall–Kier alpha value is -1.92. The summed E-state index contributed by atoms with van der Waals surface area (Å²) in [7, 11) is 0. The summed E-state index contributed by atoms with van der Waals surface area (Å²) >= 11 is 0. The Balaban J connectivity index is 1.16. The molecule has 0 bridgehead atoms. The first kappa shape index (κ1) is 24.8. The summed E-state index contributed by atoms with van der Waals surface area (Å²) in [6, 6.07) is 6.46. The molecule has 1 aromatic carbocycles. The van der Waals surface area contributed by atoms with Crippen molar-refractivity contribution in [2.45, 2.75) is 83.2 Å². The summed E-state index contributed by atoms with van der Waals surface area (Å²) < 4.78 is 6.11. The molecule has 3 fully saturated rings. The van der Waals surface area contributed by atoms with Crippen LogP contribution >= 0.6 is 0 Å². The van der Waals surface area contributed by atoms with E-state index < -0.39 is 0 Å². The fourth-order valence-corrected chi connectivity index (χ4v) is 6.82. The van der Waals surface area contributed by atoms with Gasteiger partial charge in [0.2, 0.25) is 11.8 Å². The van der Waals surface area contributed by atoms with Crippen LogP contribution in [0.3, 0.4) is 0 Å². The Labute approximate surface area is 210 Å². The van der Waals surface area contributed by atoms with Crippen LogP contribution in [0.5, 0.6) is 0 Å². The first-order valence-corrected chi connectivity index (χ1v) is 13.7. The molecular formula is C29H43N3O3. The quantitative estimate of drug-likeness (QED) is 0.680. The van der Waals surface area contributed by atoms with Crippen molar-refractivity contribution in [1.29, 1.82) is 0 Å². The molecule has 3 atom stereocenters. The fraction of sp³-hybridized carbons (Fsp3) is 0.724. The van der Waals surface area contributed by atoms with Gasteiger partial charge in [0.15, 0.2) is 0 Å². The predicted molar refractivity (Wildman–Crippen MR) is 139 cm³/mol. The summed E-state index contributed by atoms with van der Waals surface area (Å²) in [6.07, 6.45) is 6.00. The zero-order valence-corrected chi connectivity index (χ0v) is 22.1. The molecule has 6 heteroatoms. The zero-order chi connectivity index (χ0) is 24.8. The smallest absolute Gasteiger partial charge is 0.236 e. The van der Waals surface area contributed by atoms with Crippen molar-refractivity contribution in [2.24, 2.45) is 11.8 Å². The van der Waals surface area contributed by atoms with Crippen molar-refractivity contribution in [3.63, 3.8) is 0 Å². The number of benzene rings is 1. The van der Waals surface area contributed by atoms with Gasteiger partial charge < -0.3 is 15.0 Å². The summed E-state index contributed by atoms with van der Waals surface area (Å²) in [5.74, 6) is 0.983. The van der Waals surface area contributed by atoms with Gasteiger partial charge in [0, 0.05) is 24.7 Å². The molecule has 1 aromatic rings. The molecule has 1 aliphatic carbocycles. The van der Waals surface area contributed by atoms with Crippen LogP contribution in [0.25, 0.3) is 0 Å². The van der Waals surface area contributed by atoms with Gasteiger partial charge in [-0.05, 0) is 85.2 Å². The SMILES string of the molecule is CC1(C)CCC(C)(C)c2cc(NC(=O)C[C@H]3OC[C@H]4CN(C(=O)CN5CCCC5)CC[C@H]43)ccc21. The molecule has 6 nitrogen and oxygen atoms in total. The second kappa shape index (κ2) is 9.51. The molecule has 1 N–H and O–H groups in total. The second-order valence-corrected chi connectivity index (χ2v) is 12.7. The molecule has 0 unspecified atom stereocenters. The molecule has 2 amide bonds. The van der Waals surface area contributed by atoms with Gasteiger partial charge in [-0.2, -0.15) is 0 Å². The molecule has 35 heavy (non-hydrogen) atoms. The number of nitrogens with zero attached hydrogens (tertiary/aromatic N) is 2. The van der Waals surface area contributed by atoms with E-state index in [0.29, 0.717) is 31.4 Å². The van der Waals surface area contributed by atoms with E-state index in [9.17, 15) is 9.59 Å². The van der Waals surface area contributed by atoms with Crippen LogP contribution in [0.2, 0.25) is 0 Å². The maximum Gasteiger partial charge on any atom is 0.236 e. The Morgan fingerprint density at radius 1 is 1.03 bits per heavy atom. The number of likely N-dealkylation sites (tertiary alicyclic amines) is 2. The first-order chi connectivity index (χ1) is 16.6. The van der Waals surface area contributed by atoms with E-state index in [4.69, 9.17) is 4.74 Å². The minimum absolute atomic E-state index is 0.0241. The molecule has 0 saturated carbocycles.